The van der Waals surface area contributed by atoms with Crippen molar-refractivity contribution in [2.24, 2.45) is 0 Å². The van der Waals surface area contributed by atoms with Crippen molar-refractivity contribution in [2.75, 3.05) is 39.2 Å². The number of hydrogen-bond donors (Lipinski definition) is 2. The van der Waals surface area contributed by atoms with E-state index in [1.165, 1.54) is 0 Å². The number of aliphatic hydroxyl groups excluding tert-OH is 1. The van der Waals surface area contributed by atoms with Crippen LogP contribution in [0.15, 0.2) is 0 Å². The summed E-state index contributed by atoms with van der Waals surface area (Å²) >= 11 is 1.85. The highest BCUT2D eigenvalue weighted by molar-refractivity contribution is 7.99. The zero-order chi connectivity index (χ0) is 10.2. The highest BCUT2D eigenvalue weighted by Crippen LogP contribution is 2.19. The first-order chi connectivity index (χ1) is 6.12. The van der Waals surface area contributed by atoms with Gasteiger partial charge in [0.25, 0.3) is 0 Å². The molecule has 0 bridgehead atoms. The molecule has 13 heavy (non-hydrogen) atoms. The maximum Gasteiger partial charge on any atom is 0.0698 e. The van der Waals surface area contributed by atoms with E-state index in [0.717, 1.165) is 13.1 Å². The quantitative estimate of drug-likeness (QED) is 0.576. The van der Waals surface area contributed by atoms with E-state index in [9.17, 15) is 0 Å². The number of hydrogen-bond acceptors (Lipinski definition) is 4. The number of thioether (sulfide) groups is 1. The van der Waals surface area contributed by atoms with Gasteiger partial charge >= 0.3 is 0 Å². The van der Waals surface area contributed by atoms with E-state index in [2.05, 4.69) is 25.4 Å². The molecule has 2 N–H and O–H groups in total. The average molecular weight is 207 g/mol. The van der Waals surface area contributed by atoms with Gasteiger partial charge in [-0.05, 0) is 20.1 Å². The van der Waals surface area contributed by atoms with E-state index in [0.29, 0.717) is 13.2 Å². The summed E-state index contributed by atoms with van der Waals surface area (Å²) in [6.07, 6.45) is 2.12. The molecule has 0 fully saturated rings. The fourth-order valence-electron chi connectivity index (χ4n) is 0.773. The van der Waals surface area contributed by atoms with Gasteiger partial charge < -0.3 is 15.2 Å². The molecule has 0 spiro atoms. The molecule has 80 valence electrons. The van der Waals surface area contributed by atoms with Crippen LogP contribution in [0, 0.1) is 0 Å². The van der Waals surface area contributed by atoms with E-state index >= 15 is 0 Å². The first-order valence-corrected chi connectivity index (χ1v) is 5.79. The lowest BCUT2D eigenvalue weighted by atomic mass is 10.2. The Kier molecular flexibility index (Phi) is 7.75. The van der Waals surface area contributed by atoms with Gasteiger partial charge in [-0.3, -0.25) is 0 Å². The molecule has 0 aromatic rings. The standard InChI is InChI=1S/C9H21NO2S/c1-9(2,13-3)8-10-4-6-12-7-5-11/h10-11H,4-8H2,1-3H3. The molecule has 3 nitrogen and oxygen atoms in total. The highest BCUT2D eigenvalue weighted by Gasteiger charge is 2.14. The Morgan fingerprint density at radius 3 is 2.62 bits per heavy atom. The van der Waals surface area contributed by atoms with E-state index in [1.807, 2.05) is 11.8 Å². The molecule has 0 saturated heterocycles. The van der Waals surface area contributed by atoms with E-state index < -0.39 is 0 Å². The third-order valence-electron chi connectivity index (χ3n) is 1.76. The minimum absolute atomic E-state index is 0.107. The molecule has 0 saturated carbocycles. The summed E-state index contributed by atoms with van der Waals surface area (Å²) in [6, 6.07) is 0. The minimum atomic E-state index is 0.107. The largest absolute Gasteiger partial charge is 0.394 e. The van der Waals surface area contributed by atoms with Gasteiger partial charge in [0.05, 0.1) is 19.8 Å². The summed E-state index contributed by atoms with van der Waals surface area (Å²) in [5.74, 6) is 0. The van der Waals surface area contributed by atoms with Gasteiger partial charge in [0.1, 0.15) is 0 Å². The molecule has 0 rings (SSSR count). The summed E-state index contributed by atoms with van der Waals surface area (Å²) in [5.41, 5.74) is 0. The Labute approximate surface area is 85.2 Å². The second kappa shape index (κ2) is 7.62. The number of nitrogens with one attached hydrogen (secondary N) is 1. The zero-order valence-corrected chi connectivity index (χ0v) is 9.62. The van der Waals surface area contributed by atoms with Crippen molar-refractivity contribution >= 4 is 11.8 Å². The van der Waals surface area contributed by atoms with Crippen molar-refractivity contribution in [3.8, 4) is 0 Å². The normalized spacial score (nSPS) is 12.0. The minimum Gasteiger partial charge on any atom is -0.394 e. The molecular weight excluding hydrogens is 186 g/mol. The summed E-state index contributed by atoms with van der Waals surface area (Å²) in [7, 11) is 0. The second-order valence-electron chi connectivity index (χ2n) is 3.48. The van der Waals surface area contributed by atoms with E-state index in [1.54, 1.807) is 0 Å². The van der Waals surface area contributed by atoms with Gasteiger partial charge in [0.2, 0.25) is 0 Å². The molecule has 0 atom stereocenters. The second-order valence-corrected chi connectivity index (χ2v) is 4.99. The van der Waals surface area contributed by atoms with E-state index in [-0.39, 0.29) is 11.4 Å². The summed E-state index contributed by atoms with van der Waals surface area (Å²) < 4.78 is 5.40. The van der Waals surface area contributed by atoms with Crippen LogP contribution >= 0.6 is 11.8 Å². The lowest BCUT2D eigenvalue weighted by Crippen LogP contribution is -2.34. The summed E-state index contributed by atoms with van der Waals surface area (Å²) in [4.78, 5) is 0. The van der Waals surface area contributed by atoms with Crippen LogP contribution in [0.4, 0.5) is 0 Å². The Bertz CT molecular complexity index is 120. The van der Waals surface area contributed by atoms with Crippen LogP contribution in [0.2, 0.25) is 0 Å². The fraction of sp³-hybridized carbons (Fsp3) is 1.00. The van der Waals surface area contributed by atoms with Crippen LogP contribution in [0.1, 0.15) is 13.8 Å². The van der Waals surface area contributed by atoms with Gasteiger partial charge in [0, 0.05) is 17.8 Å². The molecule has 0 aliphatic heterocycles. The molecule has 0 aromatic heterocycles. The van der Waals surface area contributed by atoms with Crippen LogP contribution in [0.3, 0.4) is 0 Å². The van der Waals surface area contributed by atoms with Crippen molar-refractivity contribution in [1.82, 2.24) is 5.32 Å². The SMILES string of the molecule is CSC(C)(C)CNCCOCCO. The lowest BCUT2D eigenvalue weighted by Gasteiger charge is -2.22. The topological polar surface area (TPSA) is 41.5 Å². The Morgan fingerprint density at radius 2 is 2.08 bits per heavy atom. The maximum atomic E-state index is 8.44. The van der Waals surface area contributed by atoms with Crippen LogP contribution in [-0.4, -0.2) is 49.0 Å². The lowest BCUT2D eigenvalue weighted by molar-refractivity contribution is 0.0938. The molecule has 0 aliphatic carbocycles. The van der Waals surface area contributed by atoms with Crippen LogP contribution in [-0.2, 0) is 4.74 Å². The molecule has 0 radical (unpaired) electrons. The van der Waals surface area contributed by atoms with Crippen molar-refractivity contribution < 1.29 is 9.84 Å². The molecular formula is C9H21NO2S. The van der Waals surface area contributed by atoms with Crippen molar-refractivity contribution in [2.45, 2.75) is 18.6 Å². The Hall–Kier alpha value is 0.230. The monoisotopic (exact) mass is 207 g/mol. The molecule has 0 heterocycles. The molecule has 0 aromatic carbocycles. The maximum absolute atomic E-state index is 8.44. The Morgan fingerprint density at radius 1 is 1.38 bits per heavy atom. The smallest absolute Gasteiger partial charge is 0.0698 e. The predicted molar refractivity (Wildman–Crippen MR) is 58.4 cm³/mol. The zero-order valence-electron chi connectivity index (χ0n) is 8.80. The van der Waals surface area contributed by atoms with Crippen LogP contribution in [0.5, 0.6) is 0 Å². The van der Waals surface area contributed by atoms with Gasteiger partial charge in [0.15, 0.2) is 0 Å². The first-order valence-electron chi connectivity index (χ1n) is 4.57. The Balaban J connectivity index is 3.16. The van der Waals surface area contributed by atoms with Crippen molar-refractivity contribution in [3.05, 3.63) is 0 Å². The first kappa shape index (κ1) is 13.2. The summed E-state index contributed by atoms with van der Waals surface area (Å²) in [6.45, 7) is 7.47. The average Bonchev–Trinajstić information content (AvgIpc) is 2.11. The predicted octanol–water partition coefficient (Wildman–Crippen LogP) is 0.726. The summed E-state index contributed by atoms with van der Waals surface area (Å²) in [5, 5.41) is 11.7. The highest BCUT2D eigenvalue weighted by atomic mass is 32.2. The fourth-order valence-corrected chi connectivity index (χ4v) is 1.02. The third-order valence-corrected chi connectivity index (χ3v) is 3.01. The van der Waals surface area contributed by atoms with E-state index in [4.69, 9.17) is 9.84 Å². The van der Waals surface area contributed by atoms with Gasteiger partial charge in [-0.15, -0.1) is 0 Å². The van der Waals surface area contributed by atoms with Crippen molar-refractivity contribution in [1.29, 1.82) is 0 Å². The number of aliphatic hydroxyl groups is 1. The molecule has 0 amide bonds. The molecule has 4 heteroatoms. The van der Waals surface area contributed by atoms with Gasteiger partial charge in [-0.1, -0.05) is 0 Å². The van der Waals surface area contributed by atoms with Gasteiger partial charge in [-0.25, -0.2) is 0 Å². The van der Waals surface area contributed by atoms with Crippen molar-refractivity contribution in [3.63, 3.8) is 0 Å². The number of ether oxygens (including phenoxy) is 1. The van der Waals surface area contributed by atoms with Crippen LogP contribution in [0.25, 0.3) is 0 Å². The van der Waals surface area contributed by atoms with Crippen LogP contribution < -0.4 is 5.32 Å². The van der Waals surface area contributed by atoms with Gasteiger partial charge in [-0.2, -0.15) is 11.8 Å². The third kappa shape index (κ3) is 8.56. The molecule has 0 unspecified atom stereocenters. The molecule has 0 aliphatic rings. The number of rotatable bonds is 8.